The van der Waals surface area contributed by atoms with E-state index in [4.69, 9.17) is 14.2 Å². The van der Waals surface area contributed by atoms with Crippen LogP contribution in [0.3, 0.4) is 0 Å². The van der Waals surface area contributed by atoms with Crippen molar-refractivity contribution < 1.29 is 28.9 Å². The van der Waals surface area contributed by atoms with Crippen molar-refractivity contribution in [1.82, 2.24) is 5.32 Å². The molecular formula is C20H29NO6. The predicted molar refractivity (Wildman–Crippen MR) is 100.0 cm³/mol. The molecular weight excluding hydrogens is 350 g/mol. The SMILES string of the molecule is CCCCC(NC(Cc1ccc2c(c1)OCO2)C(=O)O)C(=O)OC(C)(C)C. The van der Waals surface area contributed by atoms with Gasteiger partial charge in [-0.2, -0.15) is 0 Å². The molecule has 150 valence electrons. The molecule has 2 N–H and O–H groups in total. The largest absolute Gasteiger partial charge is 0.480 e. The van der Waals surface area contributed by atoms with Gasteiger partial charge >= 0.3 is 11.9 Å². The summed E-state index contributed by atoms with van der Waals surface area (Å²) in [5, 5.41) is 12.6. The van der Waals surface area contributed by atoms with Gasteiger partial charge in [0, 0.05) is 0 Å². The predicted octanol–water partition coefficient (Wildman–Crippen LogP) is 2.90. The molecule has 27 heavy (non-hydrogen) atoms. The second-order valence-corrected chi connectivity index (χ2v) is 7.68. The van der Waals surface area contributed by atoms with Crippen LogP contribution in [0.2, 0.25) is 0 Å². The van der Waals surface area contributed by atoms with Crippen molar-refractivity contribution in [2.45, 2.75) is 71.1 Å². The number of hydrogen-bond donors (Lipinski definition) is 2. The average Bonchev–Trinajstić information content (AvgIpc) is 3.03. The van der Waals surface area contributed by atoms with Crippen molar-refractivity contribution in [2.24, 2.45) is 0 Å². The van der Waals surface area contributed by atoms with E-state index in [2.05, 4.69) is 5.32 Å². The van der Waals surface area contributed by atoms with Gasteiger partial charge in [0.05, 0.1) is 0 Å². The topological polar surface area (TPSA) is 94.1 Å². The Hall–Kier alpha value is -2.28. The van der Waals surface area contributed by atoms with Crippen molar-refractivity contribution in [3.05, 3.63) is 23.8 Å². The molecule has 0 aromatic heterocycles. The number of carbonyl (C=O) groups excluding carboxylic acids is 1. The highest BCUT2D eigenvalue weighted by molar-refractivity contribution is 5.79. The average molecular weight is 379 g/mol. The lowest BCUT2D eigenvalue weighted by Gasteiger charge is -2.26. The third-order valence-electron chi connectivity index (χ3n) is 4.11. The maximum absolute atomic E-state index is 12.5. The molecule has 0 fully saturated rings. The number of ether oxygens (including phenoxy) is 3. The van der Waals surface area contributed by atoms with Crippen molar-refractivity contribution in [1.29, 1.82) is 0 Å². The van der Waals surface area contributed by atoms with Crippen molar-refractivity contribution in [2.75, 3.05) is 6.79 Å². The lowest BCUT2D eigenvalue weighted by molar-refractivity contribution is -0.158. The van der Waals surface area contributed by atoms with E-state index in [1.54, 1.807) is 39.0 Å². The van der Waals surface area contributed by atoms with Gasteiger partial charge in [0.25, 0.3) is 0 Å². The van der Waals surface area contributed by atoms with Crippen LogP contribution >= 0.6 is 0 Å². The molecule has 2 atom stereocenters. The van der Waals surface area contributed by atoms with Crippen molar-refractivity contribution in [3.8, 4) is 11.5 Å². The number of esters is 1. The molecule has 1 heterocycles. The van der Waals surface area contributed by atoms with Gasteiger partial charge < -0.3 is 19.3 Å². The fourth-order valence-corrected chi connectivity index (χ4v) is 2.81. The Balaban J connectivity index is 2.10. The van der Waals surface area contributed by atoms with Crippen LogP contribution in [-0.4, -0.2) is 41.5 Å². The van der Waals surface area contributed by atoms with Crippen LogP contribution in [0.1, 0.15) is 52.5 Å². The highest BCUT2D eigenvalue weighted by Crippen LogP contribution is 2.32. The van der Waals surface area contributed by atoms with E-state index in [-0.39, 0.29) is 13.2 Å². The molecule has 0 bridgehead atoms. The van der Waals surface area contributed by atoms with E-state index in [0.717, 1.165) is 18.4 Å². The van der Waals surface area contributed by atoms with Gasteiger partial charge in [0.15, 0.2) is 11.5 Å². The molecule has 2 unspecified atom stereocenters. The lowest BCUT2D eigenvalue weighted by Crippen LogP contribution is -2.50. The summed E-state index contributed by atoms with van der Waals surface area (Å²) < 4.78 is 16.1. The van der Waals surface area contributed by atoms with Crippen LogP contribution < -0.4 is 14.8 Å². The Bertz CT molecular complexity index is 667. The summed E-state index contributed by atoms with van der Waals surface area (Å²) in [6, 6.07) is 3.76. The Kier molecular flexibility index (Phi) is 7.07. The second kappa shape index (κ2) is 9.08. The summed E-state index contributed by atoms with van der Waals surface area (Å²) in [6.45, 7) is 7.57. The summed E-state index contributed by atoms with van der Waals surface area (Å²) in [7, 11) is 0. The number of hydrogen-bond acceptors (Lipinski definition) is 6. The number of rotatable bonds is 9. The molecule has 1 aromatic rings. The molecule has 0 amide bonds. The van der Waals surface area contributed by atoms with Gasteiger partial charge in [-0.1, -0.05) is 25.8 Å². The summed E-state index contributed by atoms with van der Waals surface area (Å²) in [6.07, 6.45) is 2.45. The highest BCUT2D eigenvalue weighted by Gasteiger charge is 2.30. The number of nitrogens with one attached hydrogen (secondary N) is 1. The zero-order valence-electron chi connectivity index (χ0n) is 16.4. The maximum atomic E-state index is 12.5. The molecule has 7 heteroatoms. The Morgan fingerprint density at radius 3 is 2.56 bits per heavy atom. The molecule has 1 aliphatic rings. The summed E-state index contributed by atoms with van der Waals surface area (Å²) in [5.41, 5.74) is 0.164. The first-order valence-corrected chi connectivity index (χ1v) is 9.30. The van der Waals surface area contributed by atoms with Gasteiger partial charge in [-0.3, -0.25) is 14.9 Å². The molecule has 0 spiro atoms. The van der Waals surface area contributed by atoms with Crippen LogP contribution in [0.5, 0.6) is 11.5 Å². The molecule has 0 radical (unpaired) electrons. The van der Waals surface area contributed by atoms with Crippen molar-refractivity contribution in [3.63, 3.8) is 0 Å². The van der Waals surface area contributed by atoms with E-state index in [9.17, 15) is 14.7 Å². The Labute approximate surface area is 160 Å². The van der Waals surface area contributed by atoms with E-state index in [1.807, 2.05) is 6.92 Å². The van der Waals surface area contributed by atoms with Crippen LogP contribution in [-0.2, 0) is 20.7 Å². The number of aliphatic carboxylic acids is 1. The highest BCUT2D eigenvalue weighted by atomic mass is 16.7. The molecule has 0 aliphatic carbocycles. The quantitative estimate of drug-likeness (QED) is 0.637. The Morgan fingerprint density at radius 2 is 1.93 bits per heavy atom. The van der Waals surface area contributed by atoms with E-state index < -0.39 is 29.6 Å². The first-order valence-electron chi connectivity index (χ1n) is 9.30. The van der Waals surface area contributed by atoms with Crippen LogP contribution in [0, 0.1) is 0 Å². The molecule has 1 aromatic carbocycles. The minimum atomic E-state index is -1.02. The normalized spacial score (nSPS) is 15.3. The molecule has 1 aliphatic heterocycles. The fraction of sp³-hybridized carbons (Fsp3) is 0.600. The van der Waals surface area contributed by atoms with E-state index >= 15 is 0 Å². The monoisotopic (exact) mass is 379 g/mol. The third kappa shape index (κ3) is 6.43. The van der Waals surface area contributed by atoms with Crippen LogP contribution in [0.4, 0.5) is 0 Å². The fourth-order valence-electron chi connectivity index (χ4n) is 2.81. The molecule has 0 saturated heterocycles. The lowest BCUT2D eigenvalue weighted by atomic mass is 10.0. The first-order chi connectivity index (χ1) is 12.7. The van der Waals surface area contributed by atoms with E-state index in [0.29, 0.717) is 17.9 Å². The standard InChI is InChI=1S/C20H29NO6/c1-5-6-7-14(19(24)27-20(2,3)4)21-15(18(22)23)10-13-8-9-16-17(11-13)26-12-25-16/h8-9,11,14-15,21H,5-7,10,12H2,1-4H3,(H,22,23). The second-order valence-electron chi connectivity index (χ2n) is 7.68. The number of carboxylic acid groups (broad SMARTS) is 1. The van der Waals surface area contributed by atoms with Crippen molar-refractivity contribution >= 4 is 11.9 Å². The Morgan fingerprint density at radius 1 is 1.22 bits per heavy atom. The number of carboxylic acids is 1. The third-order valence-corrected chi connectivity index (χ3v) is 4.11. The van der Waals surface area contributed by atoms with Gasteiger partial charge in [-0.15, -0.1) is 0 Å². The minimum absolute atomic E-state index is 0.164. The maximum Gasteiger partial charge on any atom is 0.323 e. The number of carbonyl (C=O) groups is 2. The molecule has 0 saturated carbocycles. The number of fused-ring (bicyclic) bond motifs is 1. The zero-order chi connectivity index (χ0) is 20.0. The first kappa shape index (κ1) is 21.0. The summed E-state index contributed by atoms with van der Waals surface area (Å²) in [4.78, 5) is 24.3. The minimum Gasteiger partial charge on any atom is -0.480 e. The van der Waals surface area contributed by atoms with Crippen LogP contribution in [0.15, 0.2) is 18.2 Å². The van der Waals surface area contributed by atoms with Gasteiger partial charge in [0.1, 0.15) is 17.7 Å². The number of benzene rings is 1. The molecule has 2 rings (SSSR count). The molecule has 7 nitrogen and oxygen atoms in total. The van der Waals surface area contributed by atoms with Gasteiger partial charge in [-0.05, 0) is 51.3 Å². The van der Waals surface area contributed by atoms with E-state index in [1.165, 1.54) is 0 Å². The smallest absolute Gasteiger partial charge is 0.323 e. The van der Waals surface area contributed by atoms with Gasteiger partial charge in [0.2, 0.25) is 6.79 Å². The number of unbranched alkanes of at least 4 members (excludes halogenated alkanes) is 1. The summed E-state index contributed by atoms with van der Waals surface area (Å²) in [5.74, 6) is -0.190. The van der Waals surface area contributed by atoms with Gasteiger partial charge in [-0.25, -0.2) is 0 Å². The zero-order valence-corrected chi connectivity index (χ0v) is 16.4. The summed E-state index contributed by atoms with van der Waals surface area (Å²) >= 11 is 0. The van der Waals surface area contributed by atoms with Crippen LogP contribution in [0.25, 0.3) is 0 Å².